The highest BCUT2D eigenvalue weighted by atomic mass is 16.4. The van der Waals surface area contributed by atoms with Gasteiger partial charge in [0.1, 0.15) is 6.04 Å². The number of Topliss-reactive ketones (excluding diaryl/α,β-unsaturated/α-hetero) is 1. The lowest BCUT2D eigenvalue weighted by atomic mass is 10.2. The quantitative estimate of drug-likeness (QED) is 0.708. The number of carbonyl (C=O) groups is 2. The van der Waals surface area contributed by atoms with Gasteiger partial charge >= 0.3 is 5.97 Å². The third kappa shape index (κ3) is 2.92. The summed E-state index contributed by atoms with van der Waals surface area (Å²) in [7, 11) is 0. The topological polar surface area (TPSA) is 82.8 Å². The highest BCUT2D eigenvalue weighted by Crippen LogP contribution is 2.05. The zero-order valence-corrected chi connectivity index (χ0v) is 9.26. The van der Waals surface area contributed by atoms with Crippen molar-refractivity contribution in [1.82, 2.24) is 10.2 Å². The van der Waals surface area contributed by atoms with Crippen LogP contribution < -0.4 is 5.32 Å². The van der Waals surface area contributed by atoms with E-state index in [4.69, 9.17) is 9.52 Å². The number of rotatable bonds is 4. The second kappa shape index (κ2) is 5.11. The van der Waals surface area contributed by atoms with Gasteiger partial charge in [-0.15, -0.1) is 0 Å². The number of carboxylic acids is 1. The zero-order valence-electron chi connectivity index (χ0n) is 9.26. The van der Waals surface area contributed by atoms with Gasteiger partial charge in [-0.25, -0.2) is 0 Å². The maximum absolute atomic E-state index is 11.7. The van der Waals surface area contributed by atoms with Crippen LogP contribution in [0.15, 0.2) is 22.8 Å². The van der Waals surface area contributed by atoms with E-state index >= 15 is 0 Å². The SMILES string of the molecule is O=C(CN1CCN[C@H](C(=O)O)C1)c1ccco1. The smallest absolute Gasteiger partial charge is 0.322 e. The number of hydrogen-bond donors (Lipinski definition) is 2. The molecule has 0 saturated carbocycles. The molecule has 1 aliphatic rings. The van der Waals surface area contributed by atoms with Crippen LogP contribution in [-0.4, -0.2) is 54.0 Å². The molecule has 1 aromatic heterocycles. The van der Waals surface area contributed by atoms with Crippen LogP contribution in [0.5, 0.6) is 0 Å². The molecule has 6 heteroatoms. The Labute approximate surface area is 98.2 Å². The van der Waals surface area contributed by atoms with Crippen LogP contribution in [0.1, 0.15) is 10.6 Å². The number of aliphatic carboxylic acids is 1. The molecule has 0 unspecified atom stereocenters. The minimum atomic E-state index is -0.889. The molecule has 1 aromatic rings. The first-order valence-electron chi connectivity index (χ1n) is 5.42. The average molecular weight is 238 g/mol. The van der Waals surface area contributed by atoms with Crippen LogP contribution in [0.2, 0.25) is 0 Å². The minimum Gasteiger partial charge on any atom is -0.480 e. The fourth-order valence-corrected chi connectivity index (χ4v) is 1.84. The van der Waals surface area contributed by atoms with Crippen molar-refractivity contribution in [3.05, 3.63) is 24.2 Å². The highest BCUT2D eigenvalue weighted by Gasteiger charge is 2.26. The normalized spacial score (nSPS) is 21.3. The number of nitrogens with one attached hydrogen (secondary N) is 1. The van der Waals surface area contributed by atoms with Crippen molar-refractivity contribution < 1.29 is 19.1 Å². The molecule has 92 valence electrons. The molecule has 6 nitrogen and oxygen atoms in total. The van der Waals surface area contributed by atoms with Gasteiger partial charge in [-0.1, -0.05) is 0 Å². The van der Waals surface area contributed by atoms with Crippen LogP contribution in [-0.2, 0) is 4.79 Å². The van der Waals surface area contributed by atoms with Crippen LogP contribution in [0.25, 0.3) is 0 Å². The molecule has 0 aromatic carbocycles. The van der Waals surface area contributed by atoms with E-state index in [9.17, 15) is 9.59 Å². The summed E-state index contributed by atoms with van der Waals surface area (Å²) in [5, 5.41) is 11.8. The Morgan fingerprint density at radius 3 is 3.06 bits per heavy atom. The standard InChI is InChI=1S/C11H14N2O4/c14-9(10-2-1-5-17-10)7-13-4-3-12-8(6-13)11(15)16/h1-2,5,8,12H,3-4,6-7H2,(H,15,16)/t8-/m0/s1. The zero-order chi connectivity index (χ0) is 12.3. The molecule has 1 fully saturated rings. The fraction of sp³-hybridized carbons (Fsp3) is 0.455. The van der Waals surface area contributed by atoms with Crippen molar-refractivity contribution in [3.8, 4) is 0 Å². The Bertz CT molecular complexity index is 402. The lowest BCUT2D eigenvalue weighted by Gasteiger charge is -2.30. The van der Waals surface area contributed by atoms with Crippen LogP contribution >= 0.6 is 0 Å². The first-order chi connectivity index (χ1) is 8.16. The number of carboxylic acid groups (broad SMARTS) is 1. The number of carbonyl (C=O) groups excluding carboxylic acids is 1. The Kier molecular flexibility index (Phi) is 3.55. The average Bonchev–Trinajstić information content (AvgIpc) is 2.82. The Balaban J connectivity index is 1.91. The fourth-order valence-electron chi connectivity index (χ4n) is 1.84. The first kappa shape index (κ1) is 11.8. The molecule has 1 atom stereocenters. The summed E-state index contributed by atoms with van der Waals surface area (Å²) in [5.74, 6) is -0.698. The van der Waals surface area contributed by atoms with Crippen LogP contribution in [0.3, 0.4) is 0 Å². The highest BCUT2D eigenvalue weighted by molar-refractivity contribution is 5.95. The third-order valence-electron chi connectivity index (χ3n) is 2.72. The third-order valence-corrected chi connectivity index (χ3v) is 2.72. The maximum atomic E-state index is 11.7. The van der Waals surface area contributed by atoms with Gasteiger partial charge < -0.3 is 14.8 Å². The van der Waals surface area contributed by atoms with Crippen molar-refractivity contribution in [2.24, 2.45) is 0 Å². The van der Waals surface area contributed by atoms with E-state index in [1.807, 2.05) is 4.90 Å². The van der Waals surface area contributed by atoms with Gasteiger partial charge in [-0.3, -0.25) is 14.5 Å². The summed E-state index contributed by atoms with van der Waals surface area (Å²) in [5.41, 5.74) is 0. The molecule has 0 radical (unpaired) electrons. The first-order valence-corrected chi connectivity index (χ1v) is 5.42. The number of ketones is 1. The largest absolute Gasteiger partial charge is 0.480 e. The molecule has 0 spiro atoms. The molecular weight excluding hydrogens is 224 g/mol. The van der Waals surface area contributed by atoms with Gasteiger partial charge in [0.2, 0.25) is 5.78 Å². The second-order valence-electron chi connectivity index (χ2n) is 3.98. The molecule has 2 heterocycles. The Morgan fingerprint density at radius 1 is 1.59 bits per heavy atom. The second-order valence-corrected chi connectivity index (χ2v) is 3.98. The Morgan fingerprint density at radius 2 is 2.41 bits per heavy atom. The van der Waals surface area contributed by atoms with E-state index in [2.05, 4.69) is 5.32 Å². The summed E-state index contributed by atoms with van der Waals surface area (Å²) in [4.78, 5) is 24.4. The van der Waals surface area contributed by atoms with Crippen molar-refractivity contribution in [1.29, 1.82) is 0 Å². The van der Waals surface area contributed by atoms with Crippen molar-refractivity contribution in [2.45, 2.75) is 6.04 Å². The lowest BCUT2D eigenvalue weighted by Crippen LogP contribution is -2.55. The van der Waals surface area contributed by atoms with Gasteiger partial charge in [-0.2, -0.15) is 0 Å². The summed E-state index contributed by atoms with van der Waals surface area (Å²) in [6.45, 7) is 1.76. The van der Waals surface area contributed by atoms with E-state index in [0.29, 0.717) is 25.4 Å². The number of piperazine rings is 1. The molecule has 2 N–H and O–H groups in total. The Hall–Kier alpha value is -1.66. The predicted molar refractivity (Wildman–Crippen MR) is 58.9 cm³/mol. The summed E-state index contributed by atoms with van der Waals surface area (Å²) in [6, 6.07) is 2.66. The maximum Gasteiger partial charge on any atom is 0.322 e. The molecule has 0 bridgehead atoms. The van der Waals surface area contributed by atoms with Crippen LogP contribution in [0.4, 0.5) is 0 Å². The molecule has 0 amide bonds. The van der Waals surface area contributed by atoms with E-state index in [0.717, 1.165) is 0 Å². The molecule has 1 saturated heterocycles. The van der Waals surface area contributed by atoms with Gasteiger partial charge in [0, 0.05) is 19.6 Å². The van der Waals surface area contributed by atoms with E-state index < -0.39 is 12.0 Å². The summed E-state index contributed by atoms with van der Waals surface area (Å²) in [6.07, 6.45) is 1.45. The molecule has 0 aliphatic carbocycles. The monoisotopic (exact) mass is 238 g/mol. The molecular formula is C11H14N2O4. The van der Waals surface area contributed by atoms with Crippen LogP contribution in [0, 0.1) is 0 Å². The van der Waals surface area contributed by atoms with Gasteiger partial charge in [0.05, 0.1) is 12.8 Å². The van der Waals surface area contributed by atoms with Gasteiger partial charge in [-0.05, 0) is 12.1 Å². The van der Waals surface area contributed by atoms with Crippen molar-refractivity contribution in [3.63, 3.8) is 0 Å². The number of furan rings is 1. The van der Waals surface area contributed by atoms with E-state index in [1.165, 1.54) is 6.26 Å². The predicted octanol–water partition coefficient (Wildman–Crippen LogP) is -0.179. The summed E-state index contributed by atoms with van der Waals surface area (Å²) >= 11 is 0. The van der Waals surface area contributed by atoms with Gasteiger partial charge in [0.15, 0.2) is 5.76 Å². The molecule has 17 heavy (non-hydrogen) atoms. The van der Waals surface area contributed by atoms with E-state index in [-0.39, 0.29) is 12.3 Å². The van der Waals surface area contributed by atoms with E-state index in [1.54, 1.807) is 12.1 Å². The molecule has 1 aliphatic heterocycles. The minimum absolute atomic E-state index is 0.124. The van der Waals surface area contributed by atoms with Crippen molar-refractivity contribution >= 4 is 11.8 Å². The van der Waals surface area contributed by atoms with Crippen molar-refractivity contribution in [2.75, 3.05) is 26.2 Å². The van der Waals surface area contributed by atoms with Gasteiger partial charge in [0.25, 0.3) is 0 Å². The number of hydrogen-bond acceptors (Lipinski definition) is 5. The number of nitrogens with zero attached hydrogens (tertiary/aromatic N) is 1. The summed E-state index contributed by atoms with van der Waals surface area (Å²) < 4.78 is 5.00. The molecule has 2 rings (SSSR count). The lowest BCUT2D eigenvalue weighted by molar-refractivity contribution is -0.140.